The molecule has 1 aliphatic carbocycles. The van der Waals surface area contributed by atoms with Gasteiger partial charge in [0.05, 0.1) is 5.92 Å². The van der Waals surface area contributed by atoms with Gasteiger partial charge in [0.25, 0.3) is 0 Å². The van der Waals surface area contributed by atoms with Crippen LogP contribution < -0.4 is 5.32 Å². The van der Waals surface area contributed by atoms with E-state index in [9.17, 15) is 14.0 Å². The molecule has 0 atom stereocenters. The molecular formula is C15H18FNO3. The Balaban J connectivity index is 1.92. The SMILES string of the molecule is Cc1cc(NC(=O)C2CCC(C(=O)O)CC2)ccc1F. The third-order valence-corrected chi connectivity index (χ3v) is 3.87. The smallest absolute Gasteiger partial charge is 0.306 e. The number of carboxylic acid groups (broad SMARTS) is 1. The van der Waals surface area contributed by atoms with E-state index >= 15 is 0 Å². The molecule has 0 radical (unpaired) electrons. The highest BCUT2D eigenvalue weighted by atomic mass is 19.1. The maximum Gasteiger partial charge on any atom is 0.306 e. The van der Waals surface area contributed by atoms with Crippen LogP contribution >= 0.6 is 0 Å². The number of aliphatic carboxylic acids is 1. The van der Waals surface area contributed by atoms with E-state index in [1.807, 2.05) is 0 Å². The lowest BCUT2D eigenvalue weighted by Crippen LogP contribution is -2.29. The molecule has 1 amide bonds. The van der Waals surface area contributed by atoms with Gasteiger partial charge < -0.3 is 10.4 Å². The minimum atomic E-state index is -0.780. The van der Waals surface area contributed by atoms with Crippen molar-refractivity contribution >= 4 is 17.6 Å². The number of hydrogen-bond acceptors (Lipinski definition) is 2. The molecule has 0 heterocycles. The van der Waals surface area contributed by atoms with Crippen molar-refractivity contribution in [3.05, 3.63) is 29.6 Å². The predicted molar refractivity (Wildman–Crippen MR) is 72.9 cm³/mol. The van der Waals surface area contributed by atoms with Gasteiger partial charge in [-0.15, -0.1) is 0 Å². The summed E-state index contributed by atoms with van der Waals surface area (Å²) in [6.45, 7) is 1.64. The Morgan fingerprint density at radius 1 is 1.20 bits per heavy atom. The highest BCUT2D eigenvalue weighted by molar-refractivity contribution is 5.92. The Bertz CT molecular complexity index is 522. The molecule has 1 fully saturated rings. The van der Waals surface area contributed by atoms with E-state index in [1.165, 1.54) is 12.1 Å². The third kappa shape index (κ3) is 3.35. The molecule has 20 heavy (non-hydrogen) atoms. The lowest BCUT2D eigenvalue weighted by Gasteiger charge is -2.25. The number of hydrogen-bond donors (Lipinski definition) is 2. The van der Waals surface area contributed by atoms with Crippen molar-refractivity contribution in [3.8, 4) is 0 Å². The maximum absolute atomic E-state index is 13.1. The third-order valence-electron chi connectivity index (χ3n) is 3.87. The summed E-state index contributed by atoms with van der Waals surface area (Å²) >= 11 is 0. The Morgan fingerprint density at radius 2 is 1.80 bits per heavy atom. The Labute approximate surface area is 117 Å². The lowest BCUT2D eigenvalue weighted by atomic mass is 9.81. The van der Waals surface area contributed by atoms with E-state index in [2.05, 4.69) is 5.32 Å². The first-order chi connectivity index (χ1) is 9.47. The van der Waals surface area contributed by atoms with Crippen LogP contribution in [0.4, 0.5) is 10.1 Å². The summed E-state index contributed by atoms with van der Waals surface area (Å²) < 4.78 is 13.1. The fourth-order valence-electron chi connectivity index (χ4n) is 2.57. The number of carbonyl (C=O) groups is 2. The zero-order valence-electron chi connectivity index (χ0n) is 11.4. The number of nitrogens with one attached hydrogen (secondary N) is 1. The van der Waals surface area contributed by atoms with Crippen molar-refractivity contribution in [2.45, 2.75) is 32.6 Å². The molecule has 2 N–H and O–H groups in total. The molecule has 0 spiro atoms. The van der Waals surface area contributed by atoms with Gasteiger partial charge in [-0.05, 0) is 56.4 Å². The average Bonchev–Trinajstić information content (AvgIpc) is 2.43. The van der Waals surface area contributed by atoms with Crippen molar-refractivity contribution < 1.29 is 19.1 Å². The van der Waals surface area contributed by atoms with E-state index in [0.29, 0.717) is 36.9 Å². The maximum atomic E-state index is 13.1. The molecule has 0 aliphatic heterocycles. The molecule has 4 nitrogen and oxygen atoms in total. The fraction of sp³-hybridized carbons (Fsp3) is 0.467. The molecule has 0 saturated heterocycles. The zero-order valence-corrected chi connectivity index (χ0v) is 11.4. The van der Waals surface area contributed by atoms with Gasteiger partial charge in [-0.3, -0.25) is 9.59 Å². The molecular weight excluding hydrogens is 261 g/mol. The zero-order chi connectivity index (χ0) is 14.7. The largest absolute Gasteiger partial charge is 0.481 e. The number of benzene rings is 1. The van der Waals surface area contributed by atoms with Crippen LogP contribution in [0.25, 0.3) is 0 Å². The normalized spacial score (nSPS) is 22.3. The predicted octanol–water partition coefficient (Wildman–Crippen LogP) is 2.96. The lowest BCUT2D eigenvalue weighted by molar-refractivity contribution is -0.143. The fourth-order valence-corrected chi connectivity index (χ4v) is 2.57. The quantitative estimate of drug-likeness (QED) is 0.894. The van der Waals surface area contributed by atoms with Gasteiger partial charge in [-0.25, -0.2) is 4.39 Å². The summed E-state index contributed by atoms with van der Waals surface area (Å²) in [5, 5.41) is 11.7. The van der Waals surface area contributed by atoms with Gasteiger partial charge >= 0.3 is 5.97 Å². The van der Waals surface area contributed by atoms with Gasteiger partial charge in [-0.1, -0.05) is 0 Å². The van der Waals surface area contributed by atoms with Crippen LogP contribution in [-0.2, 0) is 9.59 Å². The highest BCUT2D eigenvalue weighted by Gasteiger charge is 2.29. The summed E-state index contributed by atoms with van der Waals surface area (Å²) in [7, 11) is 0. The van der Waals surface area contributed by atoms with Crippen molar-refractivity contribution in [3.63, 3.8) is 0 Å². The van der Waals surface area contributed by atoms with Crippen molar-refractivity contribution in [1.29, 1.82) is 0 Å². The van der Waals surface area contributed by atoms with Gasteiger partial charge in [-0.2, -0.15) is 0 Å². The number of carbonyl (C=O) groups excluding carboxylic acids is 1. The molecule has 1 aromatic carbocycles. The summed E-state index contributed by atoms with van der Waals surface area (Å²) in [5.74, 6) is -1.68. The van der Waals surface area contributed by atoms with E-state index < -0.39 is 5.97 Å². The monoisotopic (exact) mass is 279 g/mol. The number of anilines is 1. The van der Waals surface area contributed by atoms with Gasteiger partial charge in [0.15, 0.2) is 0 Å². The Morgan fingerprint density at radius 3 is 2.35 bits per heavy atom. The van der Waals surface area contributed by atoms with Crippen LogP contribution in [0.5, 0.6) is 0 Å². The van der Waals surface area contributed by atoms with Gasteiger partial charge in [0.2, 0.25) is 5.91 Å². The standard InChI is InChI=1S/C15H18FNO3/c1-9-8-12(6-7-13(9)16)17-14(18)10-2-4-11(5-3-10)15(19)20/h6-8,10-11H,2-5H2,1H3,(H,17,18)(H,19,20). The average molecular weight is 279 g/mol. The number of halogens is 1. The summed E-state index contributed by atoms with van der Waals surface area (Å²) in [5.41, 5.74) is 1.06. The van der Waals surface area contributed by atoms with E-state index in [0.717, 1.165) is 0 Å². The Hall–Kier alpha value is -1.91. The molecule has 1 aliphatic rings. The van der Waals surface area contributed by atoms with Gasteiger partial charge in [0.1, 0.15) is 5.82 Å². The molecule has 1 saturated carbocycles. The van der Waals surface area contributed by atoms with E-state index in [4.69, 9.17) is 5.11 Å². The van der Waals surface area contributed by atoms with Crippen LogP contribution in [0.2, 0.25) is 0 Å². The molecule has 0 bridgehead atoms. The van der Waals surface area contributed by atoms with Gasteiger partial charge in [0, 0.05) is 11.6 Å². The second-order valence-electron chi connectivity index (χ2n) is 5.34. The second-order valence-corrected chi connectivity index (χ2v) is 5.34. The first-order valence-corrected chi connectivity index (χ1v) is 6.77. The van der Waals surface area contributed by atoms with E-state index in [1.54, 1.807) is 13.0 Å². The molecule has 1 aromatic rings. The highest BCUT2D eigenvalue weighted by Crippen LogP contribution is 2.30. The first kappa shape index (κ1) is 14.5. The van der Waals surface area contributed by atoms with Crippen molar-refractivity contribution in [1.82, 2.24) is 0 Å². The summed E-state index contributed by atoms with van der Waals surface area (Å²) in [4.78, 5) is 22.9. The summed E-state index contributed by atoms with van der Waals surface area (Å²) in [6, 6.07) is 4.45. The molecule has 108 valence electrons. The first-order valence-electron chi connectivity index (χ1n) is 6.77. The molecule has 2 rings (SSSR count). The van der Waals surface area contributed by atoms with E-state index in [-0.39, 0.29) is 23.6 Å². The minimum Gasteiger partial charge on any atom is -0.481 e. The molecule has 5 heteroatoms. The van der Waals surface area contributed by atoms with Crippen LogP contribution in [0.1, 0.15) is 31.2 Å². The number of rotatable bonds is 3. The second kappa shape index (κ2) is 6.03. The van der Waals surface area contributed by atoms with Crippen LogP contribution in [0.3, 0.4) is 0 Å². The Kier molecular flexibility index (Phi) is 4.37. The summed E-state index contributed by atoms with van der Waals surface area (Å²) in [6.07, 6.45) is 2.25. The topological polar surface area (TPSA) is 66.4 Å². The van der Waals surface area contributed by atoms with Crippen LogP contribution in [0.15, 0.2) is 18.2 Å². The minimum absolute atomic E-state index is 0.111. The van der Waals surface area contributed by atoms with Crippen molar-refractivity contribution in [2.24, 2.45) is 11.8 Å². The number of aryl methyl sites for hydroxylation is 1. The number of amides is 1. The van der Waals surface area contributed by atoms with Crippen molar-refractivity contribution in [2.75, 3.05) is 5.32 Å². The molecule has 0 unspecified atom stereocenters. The molecule has 0 aromatic heterocycles. The van der Waals surface area contributed by atoms with Crippen LogP contribution in [0, 0.1) is 24.6 Å². The number of carboxylic acids is 1. The van der Waals surface area contributed by atoms with Crippen LogP contribution in [-0.4, -0.2) is 17.0 Å².